The standard InChI is InChI=1S/C20H18ClNO6S/c1-12(23)15-8-17-18(28-11-27-17)9-16(15)22-19(24)10-26-20(25)6-7-29-14-4-2-13(21)3-5-14/h2-5,8-9H,6-7,10-11H2,1H3,(H,22,24). The predicted octanol–water partition coefficient (Wildman–Crippen LogP) is 3.94. The van der Waals surface area contributed by atoms with Crippen molar-refractivity contribution in [3.8, 4) is 11.5 Å². The number of anilines is 1. The number of carbonyl (C=O) groups is 3. The maximum Gasteiger partial charge on any atom is 0.307 e. The Morgan fingerprint density at radius 1 is 1.14 bits per heavy atom. The van der Waals surface area contributed by atoms with Crippen LogP contribution in [0.15, 0.2) is 41.3 Å². The van der Waals surface area contributed by atoms with Gasteiger partial charge in [0.25, 0.3) is 5.91 Å². The number of carbonyl (C=O) groups excluding carboxylic acids is 3. The molecule has 152 valence electrons. The van der Waals surface area contributed by atoms with Crippen molar-refractivity contribution >= 4 is 46.7 Å². The zero-order valence-electron chi connectivity index (χ0n) is 15.5. The fourth-order valence-electron chi connectivity index (χ4n) is 2.52. The average Bonchev–Trinajstić information content (AvgIpc) is 3.14. The van der Waals surface area contributed by atoms with E-state index < -0.39 is 18.5 Å². The molecule has 0 bridgehead atoms. The molecule has 0 fully saturated rings. The molecule has 0 atom stereocenters. The lowest BCUT2D eigenvalue weighted by atomic mass is 10.1. The van der Waals surface area contributed by atoms with Gasteiger partial charge in [-0.1, -0.05) is 11.6 Å². The first-order valence-electron chi connectivity index (χ1n) is 8.71. The van der Waals surface area contributed by atoms with Crippen LogP contribution < -0.4 is 14.8 Å². The Morgan fingerprint density at radius 2 is 1.83 bits per heavy atom. The van der Waals surface area contributed by atoms with Crippen LogP contribution in [0.25, 0.3) is 0 Å². The number of thioether (sulfide) groups is 1. The summed E-state index contributed by atoms with van der Waals surface area (Å²) in [5.41, 5.74) is 0.564. The van der Waals surface area contributed by atoms with Crippen LogP contribution >= 0.6 is 23.4 Å². The summed E-state index contributed by atoms with van der Waals surface area (Å²) in [5.74, 6) is 0.108. The lowest BCUT2D eigenvalue weighted by Crippen LogP contribution is -2.22. The van der Waals surface area contributed by atoms with E-state index in [2.05, 4.69) is 5.32 Å². The highest BCUT2D eigenvalue weighted by atomic mass is 35.5. The van der Waals surface area contributed by atoms with Crippen molar-refractivity contribution in [2.24, 2.45) is 0 Å². The molecule has 0 aliphatic carbocycles. The summed E-state index contributed by atoms with van der Waals surface area (Å²) < 4.78 is 15.5. The average molecular weight is 436 g/mol. The number of nitrogens with one attached hydrogen (secondary N) is 1. The highest BCUT2D eigenvalue weighted by Gasteiger charge is 2.20. The summed E-state index contributed by atoms with van der Waals surface area (Å²) in [6.07, 6.45) is 0.156. The molecule has 0 aromatic heterocycles. The van der Waals surface area contributed by atoms with Crippen LogP contribution in [0.1, 0.15) is 23.7 Å². The molecule has 1 aliphatic rings. The van der Waals surface area contributed by atoms with Crippen LogP contribution in [0.3, 0.4) is 0 Å². The summed E-state index contributed by atoms with van der Waals surface area (Å²) in [7, 11) is 0. The van der Waals surface area contributed by atoms with Gasteiger partial charge in [-0.15, -0.1) is 11.8 Å². The van der Waals surface area contributed by atoms with Crippen molar-refractivity contribution < 1.29 is 28.6 Å². The van der Waals surface area contributed by atoms with Crippen molar-refractivity contribution in [1.82, 2.24) is 0 Å². The molecule has 1 N–H and O–H groups in total. The van der Waals surface area contributed by atoms with Crippen LogP contribution in [0.2, 0.25) is 5.02 Å². The lowest BCUT2D eigenvalue weighted by Gasteiger charge is -2.11. The normalized spacial score (nSPS) is 11.8. The fourth-order valence-corrected chi connectivity index (χ4v) is 3.48. The van der Waals surface area contributed by atoms with Crippen LogP contribution in [0.4, 0.5) is 5.69 Å². The highest BCUT2D eigenvalue weighted by molar-refractivity contribution is 7.99. The molecule has 0 radical (unpaired) electrons. The molecular weight excluding hydrogens is 418 g/mol. The number of halogens is 1. The number of amides is 1. The van der Waals surface area contributed by atoms with E-state index in [1.807, 2.05) is 12.1 Å². The van der Waals surface area contributed by atoms with E-state index in [9.17, 15) is 14.4 Å². The number of ketones is 1. The van der Waals surface area contributed by atoms with Gasteiger partial charge in [-0.2, -0.15) is 0 Å². The van der Waals surface area contributed by atoms with Gasteiger partial charge in [0.2, 0.25) is 6.79 Å². The molecule has 29 heavy (non-hydrogen) atoms. The van der Waals surface area contributed by atoms with Crippen molar-refractivity contribution in [1.29, 1.82) is 0 Å². The summed E-state index contributed by atoms with van der Waals surface area (Å²) in [5, 5.41) is 3.22. The SMILES string of the molecule is CC(=O)c1cc2c(cc1NC(=O)COC(=O)CCSc1ccc(Cl)cc1)OCO2. The first kappa shape index (κ1) is 21.0. The smallest absolute Gasteiger partial charge is 0.307 e. The quantitative estimate of drug-likeness (QED) is 0.381. The van der Waals surface area contributed by atoms with E-state index in [1.165, 1.54) is 30.8 Å². The minimum atomic E-state index is -0.551. The number of hydrogen-bond acceptors (Lipinski definition) is 7. The third-order valence-electron chi connectivity index (χ3n) is 3.92. The van der Waals surface area contributed by atoms with Gasteiger partial charge < -0.3 is 19.5 Å². The summed E-state index contributed by atoms with van der Waals surface area (Å²) in [6.45, 7) is 0.984. The van der Waals surface area contributed by atoms with Gasteiger partial charge >= 0.3 is 5.97 Å². The highest BCUT2D eigenvalue weighted by Crippen LogP contribution is 2.37. The van der Waals surface area contributed by atoms with Gasteiger partial charge in [-0.25, -0.2) is 0 Å². The molecule has 0 saturated heterocycles. The molecular formula is C20H18ClNO6S. The molecule has 7 nitrogen and oxygen atoms in total. The van der Waals surface area contributed by atoms with Gasteiger partial charge in [0.05, 0.1) is 12.1 Å². The van der Waals surface area contributed by atoms with Crippen molar-refractivity contribution in [3.63, 3.8) is 0 Å². The Bertz CT molecular complexity index is 931. The minimum Gasteiger partial charge on any atom is -0.456 e. The fraction of sp³-hybridized carbons (Fsp3) is 0.250. The lowest BCUT2D eigenvalue weighted by molar-refractivity contribution is -0.146. The van der Waals surface area contributed by atoms with Gasteiger partial charge in [-0.3, -0.25) is 14.4 Å². The Hall–Kier alpha value is -2.71. The number of fused-ring (bicyclic) bond motifs is 1. The number of esters is 1. The van der Waals surface area contributed by atoms with Crippen molar-refractivity contribution in [2.45, 2.75) is 18.2 Å². The van der Waals surface area contributed by atoms with E-state index >= 15 is 0 Å². The van der Waals surface area contributed by atoms with Crippen molar-refractivity contribution in [3.05, 3.63) is 47.0 Å². The Morgan fingerprint density at radius 3 is 2.52 bits per heavy atom. The van der Waals surface area contributed by atoms with Gasteiger partial charge in [0.15, 0.2) is 23.9 Å². The Balaban J connectivity index is 1.46. The van der Waals surface area contributed by atoms with Crippen LogP contribution in [-0.2, 0) is 14.3 Å². The van der Waals surface area contributed by atoms with Crippen LogP contribution in [-0.4, -0.2) is 36.8 Å². The van der Waals surface area contributed by atoms with E-state index in [4.69, 9.17) is 25.8 Å². The first-order valence-corrected chi connectivity index (χ1v) is 10.1. The second kappa shape index (κ2) is 9.67. The molecule has 1 amide bonds. The molecule has 0 saturated carbocycles. The third-order valence-corrected chi connectivity index (χ3v) is 5.18. The zero-order valence-corrected chi connectivity index (χ0v) is 17.1. The second-order valence-corrected chi connectivity index (χ2v) is 7.67. The summed E-state index contributed by atoms with van der Waals surface area (Å²) >= 11 is 7.31. The number of Topliss-reactive ketones (excluding diaryl/α,β-unsaturated/α-hetero) is 1. The summed E-state index contributed by atoms with van der Waals surface area (Å²) in [4.78, 5) is 36.8. The molecule has 2 aromatic rings. The van der Waals surface area contributed by atoms with E-state index in [1.54, 1.807) is 12.1 Å². The number of benzene rings is 2. The first-order chi connectivity index (χ1) is 13.9. The minimum absolute atomic E-state index is 0.0513. The third kappa shape index (κ3) is 5.88. The topological polar surface area (TPSA) is 90.9 Å². The number of ether oxygens (including phenoxy) is 3. The van der Waals surface area contributed by atoms with E-state index in [0.717, 1.165) is 4.90 Å². The van der Waals surface area contributed by atoms with E-state index in [0.29, 0.717) is 22.3 Å². The largest absolute Gasteiger partial charge is 0.456 e. The zero-order chi connectivity index (χ0) is 20.8. The molecule has 1 heterocycles. The molecule has 0 spiro atoms. The molecule has 2 aromatic carbocycles. The van der Waals surface area contributed by atoms with Crippen molar-refractivity contribution in [2.75, 3.05) is 24.5 Å². The van der Waals surface area contributed by atoms with Crippen LogP contribution in [0, 0.1) is 0 Å². The van der Waals surface area contributed by atoms with Gasteiger partial charge in [0.1, 0.15) is 0 Å². The number of rotatable bonds is 8. The maximum atomic E-state index is 12.1. The monoisotopic (exact) mass is 435 g/mol. The van der Waals surface area contributed by atoms with Gasteiger partial charge in [0, 0.05) is 27.3 Å². The summed E-state index contributed by atoms with van der Waals surface area (Å²) in [6, 6.07) is 10.3. The Kier molecular flexibility index (Phi) is 7.00. The molecule has 1 aliphatic heterocycles. The second-order valence-electron chi connectivity index (χ2n) is 6.07. The molecule has 0 unspecified atom stereocenters. The maximum absolute atomic E-state index is 12.1. The van der Waals surface area contributed by atoms with Crippen LogP contribution in [0.5, 0.6) is 11.5 Å². The Labute approximate surface area is 176 Å². The molecule has 3 rings (SSSR count). The van der Waals surface area contributed by atoms with E-state index in [-0.39, 0.29) is 30.2 Å². The molecule has 9 heteroatoms. The predicted molar refractivity (Wildman–Crippen MR) is 109 cm³/mol. The van der Waals surface area contributed by atoms with Gasteiger partial charge in [-0.05, 0) is 37.3 Å². The number of hydrogen-bond donors (Lipinski definition) is 1.